The summed E-state index contributed by atoms with van der Waals surface area (Å²) in [6, 6.07) is 1.15. The minimum atomic E-state index is -3.73. The standard InChI is InChI=1S/C12H20N2O6S.ClH/c1-9-11(8-10(20-9)12(15)19-3)21(16,17)14-5-4-13-6-7-18-2;/h8,13-14H,4-7H2,1-3H3;1H. The predicted molar refractivity (Wildman–Crippen MR) is 82.0 cm³/mol. The molecule has 2 N–H and O–H groups in total. The molecule has 0 aliphatic rings. The molecule has 1 aromatic heterocycles. The van der Waals surface area contributed by atoms with Crippen molar-refractivity contribution in [2.75, 3.05) is 40.5 Å². The van der Waals surface area contributed by atoms with Crippen molar-refractivity contribution in [2.24, 2.45) is 0 Å². The number of nitrogens with one attached hydrogen (secondary N) is 2. The zero-order valence-electron chi connectivity index (χ0n) is 12.7. The third-order valence-electron chi connectivity index (χ3n) is 2.63. The number of carbonyl (C=O) groups is 1. The zero-order valence-corrected chi connectivity index (χ0v) is 14.3. The number of methoxy groups -OCH3 is 2. The Morgan fingerprint density at radius 3 is 2.55 bits per heavy atom. The maximum atomic E-state index is 12.1. The van der Waals surface area contributed by atoms with Crippen LogP contribution in [0.25, 0.3) is 0 Å². The molecule has 0 unspecified atom stereocenters. The normalized spacial score (nSPS) is 11.0. The van der Waals surface area contributed by atoms with Crippen molar-refractivity contribution in [2.45, 2.75) is 11.8 Å². The number of ether oxygens (including phenoxy) is 2. The fraction of sp³-hybridized carbons (Fsp3) is 0.583. The molecule has 0 amide bonds. The van der Waals surface area contributed by atoms with Gasteiger partial charge in [-0.25, -0.2) is 17.9 Å². The van der Waals surface area contributed by atoms with E-state index in [1.165, 1.54) is 14.0 Å². The molecule has 0 spiro atoms. The zero-order chi connectivity index (χ0) is 15.9. The summed E-state index contributed by atoms with van der Waals surface area (Å²) in [5.74, 6) is -0.732. The first kappa shape index (κ1) is 20.9. The number of sulfonamides is 1. The van der Waals surface area contributed by atoms with Gasteiger partial charge in [-0.2, -0.15) is 0 Å². The number of hydrogen-bond donors (Lipinski definition) is 2. The second-order valence-corrected chi connectivity index (χ2v) is 5.90. The highest BCUT2D eigenvalue weighted by Crippen LogP contribution is 2.20. The van der Waals surface area contributed by atoms with Crippen LogP contribution in [-0.4, -0.2) is 54.8 Å². The lowest BCUT2D eigenvalue weighted by Crippen LogP contribution is -2.33. The summed E-state index contributed by atoms with van der Waals surface area (Å²) >= 11 is 0. The van der Waals surface area contributed by atoms with Crippen LogP contribution in [-0.2, 0) is 19.5 Å². The summed E-state index contributed by atoms with van der Waals surface area (Å²) in [6.45, 7) is 3.33. The van der Waals surface area contributed by atoms with Crippen LogP contribution in [0.1, 0.15) is 16.3 Å². The fourth-order valence-corrected chi connectivity index (χ4v) is 2.79. The van der Waals surface area contributed by atoms with Crippen LogP contribution in [0, 0.1) is 6.92 Å². The van der Waals surface area contributed by atoms with E-state index in [9.17, 15) is 13.2 Å². The Morgan fingerprint density at radius 1 is 1.27 bits per heavy atom. The Kier molecular flexibility index (Phi) is 9.30. The van der Waals surface area contributed by atoms with E-state index in [1.54, 1.807) is 7.11 Å². The second kappa shape index (κ2) is 9.80. The Balaban J connectivity index is 0.00000441. The molecule has 8 nitrogen and oxygen atoms in total. The molecule has 0 saturated carbocycles. The lowest BCUT2D eigenvalue weighted by Gasteiger charge is -2.06. The lowest BCUT2D eigenvalue weighted by atomic mass is 10.4. The summed E-state index contributed by atoms with van der Waals surface area (Å²) in [5, 5.41) is 3.01. The lowest BCUT2D eigenvalue weighted by molar-refractivity contribution is 0.0563. The first-order chi connectivity index (χ1) is 9.92. The summed E-state index contributed by atoms with van der Waals surface area (Å²) in [6.07, 6.45) is 0. The molecule has 1 heterocycles. The SMILES string of the molecule is COCCNCCNS(=O)(=O)c1cc(C(=O)OC)oc1C.Cl. The monoisotopic (exact) mass is 356 g/mol. The molecule has 0 aliphatic heterocycles. The van der Waals surface area contributed by atoms with Crippen LogP contribution >= 0.6 is 12.4 Å². The average Bonchev–Trinajstić information content (AvgIpc) is 2.84. The van der Waals surface area contributed by atoms with Gasteiger partial charge < -0.3 is 19.2 Å². The van der Waals surface area contributed by atoms with E-state index in [4.69, 9.17) is 9.15 Å². The number of hydrogen-bond acceptors (Lipinski definition) is 7. The number of esters is 1. The van der Waals surface area contributed by atoms with Crippen LogP contribution in [0.15, 0.2) is 15.4 Å². The van der Waals surface area contributed by atoms with E-state index < -0.39 is 16.0 Å². The van der Waals surface area contributed by atoms with Crippen molar-refractivity contribution in [1.82, 2.24) is 10.0 Å². The number of carbonyl (C=O) groups excluding carboxylic acids is 1. The first-order valence-corrected chi connectivity index (χ1v) is 7.78. The van der Waals surface area contributed by atoms with E-state index in [1.807, 2.05) is 0 Å². The van der Waals surface area contributed by atoms with Gasteiger partial charge in [-0.1, -0.05) is 0 Å². The van der Waals surface area contributed by atoms with Crippen molar-refractivity contribution in [3.05, 3.63) is 17.6 Å². The minimum Gasteiger partial charge on any atom is -0.463 e. The van der Waals surface area contributed by atoms with Crippen LogP contribution in [0.2, 0.25) is 0 Å². The number of furan rings is 1. The predicted octanol–water partition coefficient (Wildman–Crippen LogP) is 0.311. The van der Waals surface area contributed by atoms with E-state index in [2.05, 4.69) is 14.8 Å². The van der Waals surface area contributed by atoms with Crippen molar-refractivity contribution in [3.8, 4) is 0 Å². The topological polar surface area (TPSA) is 107 Å². The molecule has 0 fully saturated rings. The number of aryl methyl sites for hydroxylation is 1. The van der Waals surface area contributed by atoms with E-state index >= 15 is 0 Å². The summed E-state index contributed by atoms with van der Waals surface area (Å²) in [4.78, 5) is 11.2. The van der Waals surface area contributed by atoms with Gasteiger partial charge in [0.05, 0.1) is 13.7 Å². The van der Waals surface area contributed by atoms with Crippen LogP contribution in [0.3, 0.4) is 0 Å². The van der Waals surface area contributed by atoms with Crippen LogP contribution in [0.4, 0.5) is 0 Å². The minimum absolute atomic E-state index is 0. The molecule has 1 aromatic rings. The Bertz CT molecular complexity index is 572. The second-order valence-electron chi connectivity index (χ2n) is 4.16. The van der Waals surface area contributed by atoms with Crippen LogP contribution in [0.5, 0.6) is 0 Å². The molecule has 22 heavy (non-hydrogen) atoms. The van der Waals surface area contributed by atoms with Crippen molar-refractivity contribution < 1.29 is 27.1 Å². The van der Waals surface area contributed by atoms with Gasteiger partial charge in [0.15, 0.2) is 0 Å². The van der Waals surface area contributed by atoms with Crippen LogP contribution < -0.4 is 10.0 Å². The van der Waals surface area contributed by atoms with E-state index in [0.29, 0.717) is 19.7 Å². The molecule has 128 valence electrons. The Morgan fingerprint density at radius 2 is 1.95 bits per heavy atom. The molecule has 0 atom stereocenters. The summed E-state index contributed by atoms with van der Waals surface area (Å²) in [5.41, 5.74) is 0. The Labute approximate surface area is 136 Å². The molecule has 0 aliphatic carbocycles. The van der Waals surface area contributed by atoms with E-state index in [0.717, 1.165) is 6.07 Å². The molecule has 0 saturated heterocycles. The highest BCUT2D eigenvalue weighted by atomic mass is 35.5. The number of halogens is 1. The van der Waals surface area contributed by atoms with Gasteiger partial charge in [0.25, 0.3) is 0 Å². The third-order valence-corrected chi connectivity index (χ3v) is 4.19. The summed E-state index contributed by atoms with van der Waals surface area (Å²) in [7, 11) is -0.946. The van der Waals surface area contributed by atoms with Crippen molar-refractivity contribution in [1.29, 1.82) is 0 Å². The quantitative estimate of drug-likeness (QED) is 0.484. The van der Waals surface area contributed by atoms with Gasteiger partial charge in [-0.15, -0.1) is 12.4 Å². The number of rotatable bonds is 9. The van der Waals surface area contributed by atoms with Crippen molar-refractivity contribution >= 4 is 28.4 Å². The smallest absolute Gasteiger partial charge is 0.373 e. The molecule has 0 radical (unpaired) electrons. The Hall–Kier alpha value is -1.13. The molecule has 0 aromatic carbocycles. The van der Waals surface area contributed by atoms with Gasteiger partial charge >= 0.3 is 5.97 Å². The van der Waals surface area contributed by atoms with Gasteiger partial charge in [-0.05, 0) is 6.92 Å². The van der Waals surface area contributed by atoms with E-state index in [-0.39, 0.29) is 35.4 Å². The largest absolute Gasteiger partial charge is 0.463 e. The van der Waals surface area contributed by atoms with Gasteiger partial charge in [-0.3, -0.25) is 0 Å². The molecular formula is C12H21ClN2O6S. The molecule has 1 rings (SSSR count). The molecule has 10 heteroatoms. The average molecular weight is 357 g/mol. The molecule has 0 bridgehead atoms. The van der Waals surface area contributed by atoms with Gasteiger partial charge in [0, 0.05) is 32.8 Å². The maximum absolute atomic E-state index is 12.1. The highest BCUT2D eigenvalue weighted by molar-refractivity contribution is 7.89. The third kappa shape index (κ3) is 5.93. The highest BCUT2D eigenvalue weighted by Gasteiger charge is 2.23. The first-order valence-electron chi connectivity index (χ1n) is 6.30. The van der Waals surface area contributed by atoms with Crippen molar-refractivity contribution in [3.63, 3.8) is 0 Å². The summed E-state index contributed by atoms with van der Waals surface area (Å²) < 4.78 is 41.0. The molecular weight excluding hydrogens is 336 g/mol. The fourth-order valence-electron chi connectivity index (χ4n) is 1.58. The van der Waals surface area contributed by atoms with Gasteiger partial charge in [0.2, 0.25) is 15.8 Å². The maximum Gasteiger partial charge on any atom is 0.373 e. The van der Waals surface area contributed by atoms with Gasteiger partial charge in [0.1, 0.15) is 10.7 Å².